The van der Waals surface area contributed by atoms with Crippen LogP contribution in [0.4, 0.5) is 0 Å². The van der Waals surface area contributed by atoms with Crippen molar-refractivity contribution < 1.29 is 18.6 Å². The molecule has 6 nitrogen and oxygen atoms in total. The van der Waals surface area contributed by atoms with Crippen LogP contribution in [0, 0.1) is 13.8 Å². The van der Waals surface area contributed by atoms with Gasteiger partial charge in [0, 0.05) is 11.8 Å². The highest BCUT2D eigenvalue weighted by atomic mass is 32.2. The molecule has 0 atom stereocenters. The van der Waals surface area contributed by atoms with Gasteiger partial charge in [0.15, 0.2) is 0 Å². The molecule has 0 aliphatic rings. The van der Waals surface area contributed by atoms with Gasteiger partial charge in [0.05, 0.1) is 26.4 Å². The summed E-state index contributed by atoms with van der Waals surface area (Å²) in [5.41, 5.74) is 3.15. The number of ether oxygens (including phenoxy) is 3. The summed E-state index contributed by atoms with van der Waals surface area (Å²) in [5.74, 6) is 3.49. The minimum absolute atomic E-state index is 0.425. The fraction of sp³-hybridized carbons (Fsp3) is 0.333. The highest BCUT2D eigenvalue weighted by molar-refractivity contribution is 7.99. The maximum Gasteiger partial charge on any atom is 0.276 e. The molecule has 0 radical (unpaired) electrons. The summed E-state index contributed by atoms with van der Waals surface area (Å²) >= 11 is 1.51. The van der Waals surface area contributed by atoms with Crippen molar-refractivity contribution in [1.82, 2.24) is 10.2 Å². The van der Waals surface area contributed by atoms with E-state index in [-0.39, 0.29) is 0 Å². The van der Waals surface area contributed by atoms with Gasteiger partial charge < -0.3 is 18.6 Å². The van der Waals surface area contributed by atoms with Gasteiger partial charge in [-0.2, -0.15) is 0 Å². The molecule has 1 heterocycles. The predicted octanol–water partition coefficient (Wildman–Crippen LogP) is 4.93. The van der Waals surface area contributed by atoms with Gasteiger partial charge in [-0.3, -0.25) is 0 Å². The quantitative estimate of drug-likeness (QED) is 0.372. The Morgan fingerprint density at radius 3 is 2.43 bits per heavy atom. The Bertz CT molecular complexity index is 906. The number of benzene rings is 2. The van der Waals surface area contributed by atoms with Crippen LogP contribution < -0.4 is 14.2 Å². The Morgan fingerprint density at radius 1 is 0.929 bits per heavy atom. The molecule has 0 saturated carbocycles. The molecule has 0 bridgehead atoms. The van der Waals surface area contributed by atoms with Crippen LogP contribution in [0.5, 0.6) is 17.2 Å². The zero-order valence-corrected chi connectivity index (χ0v) is 17.3. The van der Waals surface area contributed by atoms with Gasteiger partial charge in [-0.05, 0) is 55.7 Å². The van der Waals surface area contributed by atoms with E-state index in [0.29, 0.717) is 29.2 Å². The molecule has 0 N–H and O–H groups in total. The van der Waals surface area contributed by atoms with Gasteiger partial charge in [-0.25, -0.2) is 0 Å². The number of methoxy groups -OCH3 is 2. The molecule has 3 aromatic rings. The molecule has 2 aromatic carbocycles. The summed E-state index contributed by atoms with van der Waals surface area (Å²) < 4.78 is 22.2. The monoisotopic (exact) mass is 400 g/mol. The van der Waals surface area contributed by atoms with Gasteiger partial charge in [0.1, 0.15) is 17.2 Å². The molecule has 0 fully saturated rings. The third-order valence-electron chi connectivity index (χ3n) is 4.02. The Kier molecular flexibility index (Phi) is 6.81. The molecule has 28 heavy (non-hydrogen) atoms. The van der Waals surface area contributed by atoms with E-state index >= 15 is 0 Å². The Morgan fingerprint density at radius 2 is 1.71 bits per heavy atom. The Labute approximate surface area is 169 Å². The van der Waals surface area contributed by atoms with E-state index in [0.717, 1.165) is 23.5 Å². The summed E-state index contributed by atoms with van der Waals surface area (Å²) in [6, 6.07) is 11.7. The van der Waals surface area contributed by atoms with Crippen molar-refractivity contribution in [2.75, 3.05) is 26.6 Å². The number of aryl methyl sites for hydroxylation is 2. The molecule has 0 aliphatic heterocycles. The zero-order chi connectivity index (χ0) is 19.9. The Balaban J connectivity index is 1.51. The number of hydrogen-bond acceptors (Lipinski definition) is 7. The third kappa shape index (κ3) is 5.19. The fourth-order valence-corrected chi connectivity index (χ4v) is 3.45. The minimum atomic E-state index is 0.425. The van der Waals surface area contributed by atoms with Gasteiger partial charge >= 0.3 is 0 Å². The normalized spacial score (nSPS) is 10.7. The van der Waals surface area contributed by atoms with Crippen LogP contribution in [0.15, 0.2) is 46.0 Å². The second kappa shape index (κ2) is 9.50. The van der Waals surface area contributed by atoms with Crippen molar-refractivity contribution in [3.8, 4) is 28.7 Å². The number of aromatic nitrogens is 2. The maximum atomic E-state index is 5.82. The lowest BCUT2D eigenvalue weighted by atomic mass is 10.1. The van der Waals surface area contributed by atoms with E-state index in [9.17, 15) is 0 Å². The average Bonchev–Trinajstić information content (AvgIpc) is 3.15. The van der Waals surface area contributed by atoms with E-state index in [2.05, 4.69) is 30.1 Å². The molecule has 0 spiro atoms. The molecule has 0 saturated heterocycles. The number of thioether (sulfide) groups is 1. The van der Waals surface area contributed by atoms with Crippen LogP contribution >= 0.6 is 11.8 Å². The molecular weight excluding hydrogens is 376 g/mol. The van der Waals surface area contributed by atoms with Crippen LogP contribution in [0.3, 0.4) is 0 Å². The predicted molar refractivity (Wildman–Crippen MR) is 110 cm³/mol. The van der Waals surface area contributed by atoms with Crippen LogP contribution in [0.1, 0.15) is 17.5 Å². The highest BCUT2D eigenvalue weighted by Crippen LogP contribution is 2.33. The van der Waals surface area contributed by atoms with Crippen molar-refractivity contribution in [3.05, 3.63) is 47.5 Å². The lowest BCUT2D eigenvalue weighted by Gasteiger charge is -2.07. The largest absolute Gasteiger partial charge is 0.497 e. The fourth-order valence-electron chi connectivity index (χ4n) is 2.78. The van der Waals surface area contributed by atoms with E-state index in [1.807, 2.05) is 24.3 Å². The summed E-state index contributed by atoms with van der Waals surface area (Å²) in [6.07, 6.45) is 0.876. The standard InChI is InChI=1S/C21H24N2O4S/c1-14-10-15(2)12-17(11-14)26-8-5-9-28-21-23-22-20(27-21)18-7-6-16(24-3)13-19(18)25-4/h6-7,10-13H,5,8-9H2,1-4H3. The van der Waals surface area contributed by atoms with E-state index in [4.69, 9.17) is 18.6 Å². The molecule has 0 aliphatic carbocycles. The van der Waals surface area contributed by atoms with Gasteiger partial charge in [0.2, 0.25) is 0 Å². The van der Waals surface area contributed by atoms with Gasteiger partial charge in [0.25, 0.3) is 11.1 Å². The summed E-state index contributed by atoms with van der Waals surface area (Å²) in [6.45, 7) is 4.78. The van der Waals surface area contributed by atoms with Gasteiger partial charge in [-0.1, -0.05) is 17.8 Å². The van der Waals surface area contributed by atoms with Crippen molar-refractivity contribution in [2.24, 2.45) is 0 Å². The number of hydrogen-bond donors (Lipinski definition) is 0. The molecule has 0 amide bonds. The smallest absolute Gasteiger partial charge is 0.276 e. The average molecular weight is 401 g/mol. The van der Waals surface area contributed by atoms with Crippen molar-refractivity contribution in [1.29, 1.82) is 0 Å². The van der Waals surface area contributed by atoms with Gasteiger partial charge in [-0.15, -0.1) is 10.2 Å². The molecule has 7 heteroatoms. The second-order valence-corrected chi connectivity index (χ2v) is 7.36. The van der Waals surface area contributed by atoms with Crippen molar-refractivity contribution in [2.45, 2.75) is 25.5 Å². The molecular formula is C21H24N2O4S. The SMILES string of the molecule is COc1ccc(-c2nnc(SCCCOc3cc(C)cc(C)c3)o2)c(OC)c1. The Hall–Kier alpha value is -2.67. The molecule has 148 valence electrons. The van der Waals surface area contributed by atoms with E-state index < -0.39 is 0 Å². The molecule has 0 unspecified atom stereocenters. The van der Waals surface area contributed by atoms with Crippen molar-refractivity contribution in [3.63, 3.8) is 0 Å². The van der Waals surface area contributed by atoms with Crippen LogP contribution in [-0.2, 0) is 0 Å². The third-order valence-corrected chi connectivity index (χ3v) is 4.93. The summed E-state index contributed by atoms with van der Waals surface area (Å²) in [4.78, 5) is 0. The van der Waals surface area contributed by atoms with E-state index in [1.165, 1.54) is 22.9 Å². The van der Waals surface area contributed by atoms with Crippen LogP contribution in [0.25, 0.3) is 11.5 Å². The lowest BCUT2D eigenvalue weighted by molar-refractivity contribution is 0.318. The first kappa shape index (κ1) is 20.1. The first-order valence-electron chi connectivity index (χ1n) is 8.99. The van der Waals surface area contributed by atoms with Crippen LogP contribution in [0.2, 0.25) is 0 Å². The second-order valence-electron chi connectivity index (χ2n) is 6.31. The first-order chi connectivity index (χ1) is 13.6. The zero-order valence-electron chi connectivity index (χ0n) is 16.5. The summed E-state index contributed by atoms with van der Waals surface area (Å²) in [5, 5.41) is 8.76. The highest BCUT2D eigenvalue weighted by Gasteiger charge is 2.14. The summed E-state index contributed by atoms with van der Waals surface area (Å²) in [7, 11) is 3.21. The van der Waals surface area contributed by atoms with Crippen molar-refractivity contribution >= 4 is 11.8 Å². The lowest BCUT2D eigenvalue weighted by Crippen LogP contribution is -1.99. The maximum absolute atomic E-state index is 5.82. The number of nitrogens with zero attached hydrogens (tertiary/aromatic N) is 2. The van der Waals surface area contributed by atoms with E-state index in [1.54, 1.807) is 20.3 Å². The first-order valence-corrected chi connectivity index (χ1v) is 9.97. The number of rotatable bonds is 9. The topological polar surface area (TPSA) is 66.6 Å². The molecule has 1 aromatic heterocycles. The minimum Gasteiger partial charge on any atom is -0.497 e. The molecule has 3 rings (SSSR count). The van der Waals surface area contributed by atoms with Crippen LogP contribution in [-0.4, -0.2) is 36.8 Å².